The Balaban J connectivity index is 2.15. The van der Waals surface area contributed by atoms with Crippen molar-refractivity contribution in [3.63, 3.8) is 0 Å². The average molecular weight is 312 g/mol. The first-order chi connectivity index (χ1) is 8.63. The van der Waals surface area contributed by atoms with Crippen LogP contribution in [-0.2, 0) is 10.2 Å². The minimum atomic E-state index is -0.490. The summed E-state index contributed by atoms with van der Waals surface area (Å²) in [6, 6.07) is 2.94. The molecule has 3 rings (SSSR count). The van der Waals surface area contributed by atoms with Crippen molar-refractivity contribution in [3.05, 3.63) is 28.0 Å². The van der Waals surface area contributed by atoms with Crippen molar-refractivity contribution < 1.29 is 9.18 Å². The van der Waals surface area contributed by atoms with E-state index in [4.69, 9.17) is 0 Å². The Hall–Kier alpha value is -0.900. The molecule has 1 aromatic rings. The quantitative estimate of drug-likeness (QED) is 0.767. The van der Waals surface area contributed by atoms with Crippen LogP contribution in [0.4, 0.5) is 10.1 Å². The van der Waals surface area contributed by atoms with Crippen LogP contribution in [0.15, 0.2) is 16.6 Å². The summed E-state index contributed by atoms with van der Waals surface area (Å²) in [6.07, 6.45) is 6.09. The van der Waals surface area contributed by atoms with Crippen LogP contribution in [0.5, 0.6) is 0 Å². The van der Waals surface area contributed by atoms with Gasteiger partial charge in [-0.25, -0.2) is 4.39 Å². The van der Waals surface area contributed by atoms with Gasteiger partial charge in [0.25, 0.3) is 0 Å². The molecule has 2 aliphatic rings. The second-order valence-electron chi connectivity index (χ2n) is 5.26. The first kappa shape index (κ1) is 12.2. The van der Waals surface area contributed by atoms with Crippen molar-refractivity contribution in [3.8, 4) is 0 Å². The Kier molecular flexibility index (Phi) is 2.93. The van der Waals surface area contributed by atoms with Gasteiger partial charge in [-0.2, -0.15) is 0 Å². The number of hydrogen-bond acceptors (Lipinski definition) is 1. The van der Waals surface area contributed by atoms with Crippen LogP contribution in [0, 0.1) is 5.82 Å². The lowest BCUT2D eigenvalue weighted by molar-refractivity contribution is -0.121. The summed E-state index contributed by atoms with van der Waals surface area (Å²) in [5.41, 5.74) is 1.13. The zero-order chi connectivity index (χ0) is 12.8. The molecule has 18 heavy (non-hydrogen) atoms. The van der Waals surface area contributed by atoms with E-state index in [2.05, 4.69) is 21.2 Å². The molecule has 1 aromatic carbocycles. The van der Waals surface area contributed by atoms with E-state index in [-0.39, 0.29) is 11.7 Å². The summed E-state index contributed by atoms with van der Waals surface area (Å²) >= 11 is 3.34. The van der Waals surface area contributed by atoms with Gasteiger partial charge in [0, 0.05) is 4.47 Å². The number of rotatable bonds is 0. The molecule has 1 N–H and O–H groups in total. The third-order valence-electron chi connectivity index (χ3n) is 4.20. The summed E-state index contributed by atoms with van der Waals surface area (Å²) in [4.78, 5) is 12.4. The lowest BCUT2D eigenvalue weighted by atomic mass is 9.75. The fourth-order valence-corrected chi connectivity index (χ4v) is 3.79. The van der Waals surface area contributed by atoms with Crippen LogP contribution in [-0.4, -0.2) is 5.91 Å². The van der Waals surface area contributed by atoms with Crippen molar-refractivity contribution in [2.45, 2.75) is 43.9 Å². The van der Waals surface area contributed by atoms with E-state index in [0.29, 0.717) is 4.47 Å². The van der Waals surface area contributed by atoms with Crippen LogP contribution in [0.1, 0.15) is 44.1 Å². The zero-order valence-corrected chi connectivity index (χ0v) is 11.6. The topological polar surface area (TPSA) is 29.1 Å². The molecular formula is C14H15BrFNO. The van der Waals surface area contributed by atoms with Crippen molar-refractivity contribution in [2.24, 2.45) is 0 Å². The number of anilines is 1. The fraction of sp³-hybridized carbons (Fsp3) is 0.500. The molecule has 0 unspecified atom stereocenters. The Labute approximate surface area is 114 Å². The molecule has 4 heteroatoms. The molecule has 0 atom stereocenters. The second-order valence-corrected chi connectivity index (χ2v) is 6.11. The molecule has 1 spiro atoms. The molecule has 96 valence electrons. The number of hydrogen-bond donors (Lipinski definition) is 1. The predicted molar refractivity (Wildman–Crippen MR) is 72.1 cm³/mol. The highest BCUT2D eigenvalue weighted by molar-refractivity contribution is 9.10. The maximum atomic E-state index is 13.6. The van der Waals surface area contributed by atoms with E-state index < -0.39 is 5.41 Å². The summed E-state index contributed by atoms with van der Waals surface area (Å²) in [6.45, 7) is 0. The van der Waals surface area contributed by atoms with Gasteiger partial charge < -0.3 is 5.32 Å². The predicted octanol–water partition coefficient (Wildman–Crippen LogP) is 4.13. The molecule has 1 amide bonds. The molecule has 0 saturated heterocycles. The van der Waals surface area contributed by atoms with E-state index in [1.165, 1.54) is 25.0 Å². The first-order valence-corrected chi connectivity index (χ1v) is 7.24. The van der Waals surface area contributed by atoms with Crippen LogP contribution in [0.3, 0.4) is 0 Å². The van der Waals surface area contributed by atoms with E-state index in [1.807, 2.05) is 0 Å². The van der Waals surface area contributed by atoms with E-state index in [9.17, 15) is 9.18 Å². The first-order valence-electron chi connectivity index (χ1n) is 6.44. The number of amides is 1. The summed E-state index contributed by atoms with van der Waals surface area (Å²) in [7, 11) is 0. The molecule has 0 bridgehead atoms. The maximum Gasteiger partial charge on any atom is 0.235 e. The van der Waals surface area contributed by atoms with Gasteiger partial charge in [0.1, 0.15) is 5.82 Å². The minimum Gasteiger partial charge on any atom is -0.324 e. The Morgan fingerprint density at radius 3 is 2.50 bits per heavy atom. The zero-order valence-electron chi connectivity index (χ0n) is 10.1. The molecule has 1 fully saturated rings. The third-order valence-corrected chi connectivity index (χ3v) is 4.83. The molecule has 1 heterocycles. The van der Waals surface area contributed by atoms with Crippen LogP contribution >= 0.6 is 15.9 Å². The Morgan fingerprint density at radius 1 is 1.17 bits per heavy atom. The Morgan fingerprint density at radius 2 is 1.83 bits per heavy atom. The molecule has 1 saturated carbocycles. The minimum absolute atomic E-state index is 0.0469. The number of carbonyl (C=O) groups excluding carboxylic acids is 1. The molecule has 0 aromatic heterocycles. The SMILES string of the molecule is O=C1Nc2c(Br)cc(F)cc2C12CCCCCC2. The van der Waals surface area contributed by atoms with Gasteiger partial charge in [-0.05, 0) is 46.5 Å². The number of fused-ring (bicyclic) bond motifs is 2. The van der Waals surface area contributed by atoms with E-state index in [0.717, 1.165) is 36.9 Å². The fourth-order valence-electron chi connectivity index (χ4n) is 3.26. The monoisotopic (exact) mass is 311 g/mol. The smallest absolute Gasteiger partial charge is 0.235 e. The standard InChI is InChI=1S/C14H15BrFNO/c15-11-8-9(16)7-10-12(11)17-13(18)14(10)5-3-1-2-4-6-14/h7-8H,1-6H2,(H,17,18). The van der Waals surface area contributed by atoms with Crippen molar-refractivity contribution in [2.75, 3.05) is 5.32 Å². The van der Waals surface area contributed by atoms with Crippen molar-refractivity contribution in [1.29, 1.82) is 0 Å². The summed E-state index contributed by atoms with van der Waals surface area (Å²) in [5.74, 6) is -0.230. The van der Waals surface area contributed by atoms with Crippen molar-refractivity contribution in [1.82, 2.24) is 0 Å². The van der Waals surface area contributed by atoms with Gasteiger partial charge in [0.15, 0.2) is 0 Å². The highest BCUT2D eigenvalue weighted by Gasteiger charge is 2.47. The van der Waals surface area contributed by atoms with Gasteiger partial charge in [-0.1, -0.05) is 25.7 Å². The van der Waals surface area contributed by atoms with Gasteiger partial charge in [-0.3, -0.25) is 4.79 Å². The summed E-state index contributed by atoms with van der Waals surface area (Å²) < 4.78 is 14.3. The lowest BCUT2D eigenvalue weighted by Gasteiger charge is -2.25. The highest BCUT2D eigenvalue weighted by atomic mass is 79.9. The van der Waals surface area contributed by atoms with Gasteiger partial charge in [-0.15, -0.1) is 0 Å². The number of benzene rings is 1. The van der Waals surface area contributed by atoms with Gasteiger partial charge in [0.05, 0.1) is 11.1 Å². The van der Waals surface area contributed by atoms with Crippen molar-refractivity contribution >= 4 is 27.5 Å². The number of halogens is 2. The Bertz CT molecular complexity index is 507. The molecule has 0 radical (unpaired) electrons. The lowest BCUT2D eigenvalue weighted by Crippen LogP contribution is -2.33. The molecule has 2 nitrogen and oxygen atoms in total. The van der Waals surface area contributed by atoms with E-state index in [1.54, 1.807) is 0 Å². The normalized spacial score (nSPS) is 21.6. The van der Waals surface area contributed by atoms with Crippen LogP contribution in [0.2, 0.25) is 0 Å². The molecule has 1 aliphatic heterocycles. The van der Waals surface area contributed by atoms with Crippen LogP contribution < -0.4 is 5.32 Å². The average Bonchev–Trinajstić information content (AvgIpc) is 2.53. The maximum absolute atomic E-state index is 13.6. The van der Waals surface area contributed by atoms with Gasteiger partial charge >= 0.3 is 0 Å². The second kappa shape index (κ2) is 4.34. The molecule has 1 aliphatic carbocycles. The van der Waals surface area contributed by atoms with Crippen LogP contribution in [0.25, 0.3) is 0 Å². The number of carbonyl (C=O) groups is 1. The largest absolute Gasteiger partial charge is 0.324 e. The van der Waals surface area contributed by atoms with E-state index >= 15 is 0 Å². The highest BCUT2D eigenvalue weighted by Crippen LogP contribution is 2.49. The number of nitrogens with one attached hydrogen (secondary N) is 1. The third kappa shape index (κ3) is 1.69. The summed E-state index contributed by atoms with van der Waals surface area (Å²) in [5, 5.41) is 2.93. The molecular weight excluding hydrogens is 297 g/mol. The van der Waals surface area contributed by atoms with Gasteiger partial charge in [0.2, 0.25) is 5.91 Å².